The third kappa shape index (κ3) is 6.11. The molecular formula is C13H27NO2. The van der Waals surface area contributed by atoms with Gasteiger partial charge in [-0.15, -0.1) is 0 Å². The third-order valence-electron chi connectivity index (χ3n) is 2.99. The first-order valence-electron chi connectivity index (χ1n) is 6.45. The molecule has 0 saturated carbocycles. The Morgan fingerprint density at radius 3 is 2.38 bits per heavy atom. The van der Waals surface area contributed by atoms with E-state index in [0.717, 1.165) is 12.8 Å². The van der Waals surface area contributed by atoms with E-state index in [0.29, 0.717) is 12.5 Å². The number of ether oxygens (including phenoxy) is 1. The molecule has 3 nitrogen and oxygen atoms in total. The summed E-state index contributed by atoms with van der Waals surface area (Å²) in [5.74, 6) is 0.372. The van der Waals surface area contributed by atoms with E-state index in [1.54, 1.807) is 0 Å². The maximum absolute atomic E-state index is 11.5. The zero-order valence-electron chi connectivity index (χ0n) is 11.2. The Balaban J connectivity index is 3.87. The second-order valence-electron chi connectivity index (χ2n) is 4.82. The molecule has 96 valence electrons. The van der Waals surface area contributed by atoms with Gasteiger partial charge in [-0.2, -0.15) is 0 Å². The van der Waals surface area contributed by atoms with Crippen LogP contribution in [0.2, 0.25) is 0 Å². The topological polar surface area (TPSA) is 52.3 Å². The van der Waals surface area contributed by atoms with Crippen LogP contribution in [0.15, 0.2) is 0 Å². The van der Waals surface area contributed by atoms with E-state index in [4.69, 9.17) is 10.5 Å². The molecule has 0 bridgehead atoms. The molecular weight excluding hydrogens is 202 g/mol. The first-order chi connectivity index (χ1) is 7.52. The third-order valence-corrected chi connectivity index (χ3v) is 2.99. The minimum absolute atomic E-state index is 0.142. The van der Waals surface area contributed by atoms with Crippen LogP contribution < -0.4 is 5.73 Å². The minimum Gasteiger partial charge on any atom is -0.464 e. The standard InChI is InChI=1S/C13H27NO2/c1-5-7-8-11(6-2)9-16-13(15)12(14)10(3)4/h10-12H,5-9,14H2,1-4H3/t11?,12-/m1/s1. The number of unbranched alkanes of at least 4 members (excludes halogenated alkanes) is 1. The van der Waals surface area contributed by atoms with Crippen LogP contribution in [0, 0.1) is 11.8 Å². The van der Waals surface area contributed by atoms with Crippen molar-refractivity contribution in [1.82, 2.24) is 0 Å². The second-order valence-corrected chi connectivity index (χ2v) is 4.82. The predicted molar refractivity (Wildman–Crippen MR) is 67.1 cm³/mol. The summed E-state index contributed by atoms with van der Waals surface area (Å²) in [6, 6.07) is -0.483. The first kappa shape index (κ1) is 15.4. The van der Waals surface area contributed by atoms with Crippen LogP contribution in [-0.4, -0.2) is 18.6 Å². The Labute approximate surface area is 99.7 Å². The smallest absolute Gasteiger partial charge is 0.323 e. The molecule has 1 unspecified atom stereocenters. The van der Waals surface area contributed by atoms with E-state index >= 15 is 0 Å². The summed E-state index contributed by atoms with van der Waals surface area (Å²) in [6.45, 7) is 8.69. The Kier molecular flexibility index (Phi) is 8.26. The van der Waals surface area contributed by atoms with Gasteiger partial charge in [0.15, 0.2) is 0 Å². The number of esters is 1. The molecule has 3 heteroatoms. The zero-order chi connectivity index (χ0) is 12.6. The molecule has 0 aliphatic carbocycles. The highest BCUT2D eigenvalue weighted by Gasteiger charge is 2.19. The Hall–Kier alpha value is -0.570. The van der Waals surface area contributed by atoms with Gasteiger partial charge in [0.2, 0.25) is 0 Å². The monoisotopic (exact) mass is 229 g/mol. The molecule has 0 saturated heterocycles. The largest absolute Gasteiger partial charge is 0.464 e. The van der Waals surface area contributed by atoms with Gasteiger partial charge in [-0.25, -0.2) is 0 Å². The summed E-state index contributed by atoms with van der Waals surface area (Å²) in [4.78, 5) is 11.5. The lowest BCUT2D eigenvalue weighted by Gasteiger charge is -2.18. The van der Waals surface area contributed by atoms with Crippen molar-refractivity contribution in [3.8, 4) is 0 Å². The molecule has 0 aromatic heterocycles. The number of rotatable bonds is 8. The van der Waals surface area contributed by atoms with Gasteiger partial charge in [-0.05, 0) is 18.3 Å². The minimum atomic E-state index is -0.483. The molecule has 0 fully saturated rings. The van der Waals surface area contributed by atoms with E-state index in [-0.39, 0.29) is 11.9 Å². The van der Waals surface area contributed by atoms with Gasteiger partial charge in [0, 0.05) is 0 Å². The number of hydrogen-bond acceptors (Lipinski definition) is 3. The number of hydrogen-bond donors (Lipinski definition) is 1. The number of nitrogens with two attached hydrogens (primary N) is 1. The molecule has 0 radical (unpaired) electrons. The average molecular weight is 229 g/mol. The fraction of sp³-hybridized carbons (Fsp3) is 0.923. The summed E-state index contributed by atoms with van der Waals surface area (Å²) < 4.78 is 5.25. The number of carbonyl (C=O) groups excluding carboxylic acids is 1. The van der Waals surface area contributed by atoms with Crippen LogP contribution in [0.25, 0.3) is 0 Å². The van der Waals surface area contributed by atoms with Crippen molar-refractivity contribution >= 4 is 5.97 Å². The van der Waals surface area contributed by atoms with Crippen LogP contribution in [0.5, 0.6) is 0 Å². The fourth-order valence-electron chi connectivity index (χ4n) is 1.47. The quantitative estimate of drug-likeness (QED) is 0.651. The molecule has 2 N–H and O–H groups in total. The highest BCUT2D eigenvalue weighted by Crippen LogP contribution is 2.13. The SMILES string of the molecule is CCCCC(CC)COC(=O)[C@H](N)C(C)C. The fourth-order valence-corrected chi connectivity index (χ4v) is 1.47. The molecule has 0 aliphatic rings. The zero-order valence-corrected chi connectivity index (χ0v) is 11.2. The van der Waals surface area contributed by atoms with Crippen molar-refractivity contribution in [2.45, 2.75) is 59.4 Å². The lowest BCUT2D eigenvalue weighted by molar-refractivity contribution is -0.147. The summed E-state index contributed by atoms with van der Waals surface area (Å²) in [5, 5.41) is 0. The maximum Gasteiger partial charge on any atom is 0.323 e. The number of carbonyl (C=O) groups is 1. The van der Waals surface area contributed by atoms with E-state index in [9.17, 15) is 4.79 Å². The molecule has 0 heterocycles. The second kappa shape index (κ2) is 8.57. The van der Waals surface area contributed by atoms with Crippen molar-refractivity contribution < 1.29 is 9.53 Å². The van der Waals surface area contributed by atoms with Gasteiger partial charge in [0.25, 0.3) is 0 Å². The summed E-state index contributed by atoms with van der Waals surface area (Å²) in [5.41, 5.74) is 5.71. The molecule has 0 spiro atoms. The molecule has 16 heavy (non-hydrogen) atoms. The van der Waals surface area contributed by atoms with Gasteiger partial charge in [-0.3, -0.25) is 4.79 Å². The van der Waals surface area contributed by atoms with E-state index in [2.05, 4.69) is 13.8 Å². The van der Waals surface area contributed by atoms with Gasteiger partial charge in [0.05, 0.1) is 6.61 Å². The van der Waals surface area contributed by atoms with E-state index in [1.165, 1.54) is 12.8 Å². The molecule has 0 rings (SSSR count). The van der Waals surface area contributed by atoms with Gasteiger partial charge < -0.3 is 10.5 Å². The Bertz CT molecular complexity index is 192. The van der Waals surface area contributed by atoms with E-state index in [1.807, 2.05) is 13.8 Å². The molecule has 0 aromatic rings. The summed E-state index contributed by atoms with van der Waals surface area (Å²) in [6.07, 6.45) is 4.59. The summed E-state index contributed by atoms with van der Waals surface area (Å²) >= 11 is 0. The molecule has 2 atom stereocenters. The van der Waals surface area contributed by atoms with Crippen LogP contribution >= 0.6 is 0 Å². The van der Waals surface area contributed by atoms with Crippen molar-refractivity contribution in [2.75, 3.05) is 6.61 Å². The van der Waals surface area contributed by atoms with Gasteiger partial charge in [0.1, 0.15) is 6.04 Å². The molecule has 0 aromatic carbocycles. The first-order valence-corrected chi connectivity index (χ1v) is 6.45. The van der Waals surface area contributed by atoms with Crippen LogP contribution in [-0.2, 0) is 9.53 Å². The molecule has 0 aliphatic heterocycles. The highest BCUT2D eigenvalue weighted by atomic mass is 16.5. The van der Waals surface area contributed by atoms with E-state index < -0.39 is 6.04 Å². The van der Waals surface area contributed by atoms with Gasteiger partial charge in [-0.1, -0.05) is 47.0 Å². The maximum atomic E-state index is 11.5. The van der Waals surface area contributed by atoms with Crippen molar-refractivity contribution in [3.63, 3.8) is 0 Å². The highest BCUT2D eigenvalue weighted by molar-refractivity contribution is 5.75. The van der Waals surface area contributed by atoms with Crippen molar-refractivity contribution in [3.05, 3.63) is 0 Å². The Morgan fingerprint density at radius 2 is 1.94 bits per heavy atom. The summed E-state index contributed by atoms with van der Waals surface area (Å²) in [7, 11) is 0. The normalized spacial score (nSPS) is 14.9. The lowest BCUT2D eigenvalue weighted by Crippen LogP contribution is -2.37. The van der Waals surface area contributed by atoms with Crippen molar-refractivity contribution in [2.24, 2.45) is 17.6 Å². The molecule has 0 amide bonds. The van der Waals surface area contributed by atoms with Gasteiger partial charge >= 0.3 is 5.97 Å². The lowest BCUT2D eigenvalue weighted by atomic mass is 10.0. The van der Waals surface area contributed by atoms with Crippen LogP contribution in [0.3, 0.4) is 0 Å². The predicted octanol–water partition coefficient (Wildman–Crippen LogP) is 2.73. The van der Waals surface area contributed by atoms with Crippen LogP contribution in [0.4, 0.5) is 0 Å². The average Bonchev–Trinajstić information content (AvgIpc) is 2.27. The Morgan fingerprint density at radius 1 is 1.31 bits per heavy atom. The van der Waals surface area contributed by atoms with Crippen molar-refractivity contribution in [1.29, 1.82) is 0 Å². The van der Waals surface area contributed by atoms with Crippen LogP contribution in [0.1, 0.15) is 53.4 Å².